The zero-order valence-electron chi connectivity index (χ0n) is 10.1. The third-order valence-electron chi connectivity index (χ3n) is 4.05. The Labute approximate surface area is 112 Å². The molecule has 0 aromatic heterocycles. The SMILES string of the molecule is N#Cc1ccc(N2CCC(O)(C3CC3)C2)cc1Cl. The van der Waals surface area contributed by atoms with E-state index >= 15 is 0 Å². The molecule has 1 aliphatic heterocycles. The summed E-state index contributed by atoms with van der Waals surface area (Å²) < 4.78 is 0. The number of halogens is 1. The zero-order valence-corrected chi connectivity index (χ0v) is 10.8. The largest absolute Gasteiger partial charge is 0.388 e. The van der Waals surface area contributed by atoms with Gasteiger partial charge in [-0.1, -0.05) is 11.6 Å². The average Bonchev–Trinajstić information content (AvgIpc) is 3.14. The minimum absolute atomic E-state index is 0.483. The molecule has 3 nitrogen and oxygen atoms in total. The van der Waals surface area contributed by atoms with Crippen molar-refractivity contribution in [2.75, 3.05) is 18.0 Å². The molecule has 1 heterocycles. The molecule has 2 aliphatic rings. The van der Waals surface area contributed by atoms with Crippen molar-refractivity contribution in [3.63, 3.8) is 0 Å². The van der Waals surface area contributed by atoms with E-state index in [0.717, 1.165) is 31.5 Å². The molecule has 1 atom stereocenters. The van der Waals surface area contributed by atoms with Crippen molar-refractivity contribution in [3.8, 4) is 6.07 Å². The lowest BCUT2D eigenvalue weighted by Crippen LogP contribution is -2.35. The summed E-state index contributed by atoms with van der Waals surface area (Å²) in [6.45, 7) is 1.54. The highest BCUT2D eigenvalue weighted by atomic mass is 35.5. The predicted octanol–water partition coefficient (Wildman–Crippen LogP) is 2.56. The monoisotopic (exact) mass is 262 g/mol. The fourth-order valence-corrected chi connectivity index (χ4v) is 3.00. The van der Waals surface area contributed by atoms with Crippen LogP contribution in [0.3, 0.4) is 0 Å². The van der Waals surface area contributed by atoms with Gasteiger partial charge in [0, 0.05) is 18.8 Å². The van der Waals surface area contributed by atoms with Gasteiger partial charge >= 0.3 is 0 Å². The van der Waals surface area contributed by atoms with Gasteiger partial charge in [-0.3, -0.25) is 0 Å². The normalized spacial score (nSPS) is 27.3. The Hall–Kier alpha value is -1.24. The second kappa shape index (κ2) is 4.15. The molecule has 94 valence electrons. The Morgan fingerprint density at radius 1 is 1.44 bits per heavy atom. The lowest BCUT2D eigenvalue weighted by Gasteiger charge is -2.24. The van der Waals surface area contributed by atoms with Gasteiger partial charge in [-0.25, -0.2) is 0 Å². The Bertz CT molecular complexity index is 521. The standard InChI is InChI=1S/C14H15ClN2O/c15-13-7-12(4-1-10(13)8-16)17-6-5-14(18,9-17)11-2-3-11/h1,4,7,11,18H,2-3,5-6,9H2. The number of benzene rings is 1. The topological polar surface area (TPSA) is 47.3 Å². The quantitative estimate of drug-likeness (QED) is 0.891. The summed E-state index contributed by atoms with van der Waals surface area (Å²) in [6.07, 6.45) is 3.13. The molecule has 4 heteroatoms. The number of anilines is 1. The number of β-amino-alcohol motifs (C(OH)–C–C–N with tert-alkyl or cyclic N) is 1. The van der Waals surface area contributed by atoms with E-state index in [9.17, 15) is 5.11 Å². The second-order valence-corrected chi connectivity index (χ2v) is 5.73. The second-order valence-electron chi connectivity index (χ2n) is 5.33. The minimum atomic E-state index is -0.514. The lowest BCUT2D eigenvalue weighted by molar-refractivity contribution is 0.0401. The van der Waals surface area contributed by atoms with E-state index in [2.05, 4.69) is 11.0 Å². The van der Waals surface area contributed by atoms with Crippen molar-refractivity contribution in [2.24, 2.45) is 5.92 Å². The van der Waals surface area contributed by atoms with Gasteiger partial charge in [-0.15, -0.1) is 0 Å². The Kier molecular flexibility index (Phi) is 2.73. The third-order valence-corrected chi connectivity index (χ3v) is 4.37. The molecule has 1 unspecified atom stereocenters. The first kappa shape index (κ1) is 11.8. The fraction of sp³-hybridized carbons (Fsp3) is 0.500. The summed E-state index contributed by atoms with van der Waals surface area (Å²) in [7, 11) is 0. The van der Waals surface area contributed by atoms with E-state index in [1.54, 1.807) is 6.07 Å². The highest BCUT2D eigenvalue weighted by Gasteiger charge is 2.47. The van der Waals surface area contributed by atoms with E-state index < -0.39 is 5.60 Å². The fourth-order valence-electron chi connectivity index (χ4n) is 2.78. The number of nitriles is 1. The maximum Gasteiger partial charge on any atom is 0.101 e. The summed E-state index contributed by atoms with van der Waals surface area (Å²) >= 11 is 6.04. The molecular formula is C14H15ClN2O. The van der Waals surface area contributed by atoms with Crippen LogP contribution < -0.4 is 4.90 Å². The number of rotatable bonds is 2. The molecule has 0 amide bonds. The molecule has 0 radical (unpaired) electrons. The Morgan fingerprint density at radius 3 is 2.83 bits per heavy atom. The van der Waals surface area contributed by atoms with Crippen LogP contribution in [0.2, 0.25) is 5.02 Å². The lowest BCUT2D eigenvalue weighted by atomic mass is 9.97. The number of aliphatic hydroxyl groups is 1. The van der Waals surface area contributed by atoms with Gasteiger partial charge in [0.2, 0.25) is 0 Å². The van der Waals surface area contributed by atoms with Gasteiger partial charge in [-0.05, 0) is 43.4 Å². The van der Waals surface area contributed by atoms with Crippen molar-refractivity contribution >= 4 is 17.3 Å². The van der Waals surface area contributed by atoms with E-state index in [1.807, 2.05) is 12.1 Å². The molecule has 2 fully saturated rings. The molecule has 0 spiro atoms. The van der Waals surface area contributed by atoms with Crippen LogP contribution in [0.1, 0.15) is 24.8 Å². The van der Waals surface area contributed by atoms with Gasteiger partial charge in [0.05, 0.1) is 16.2 Å². The van der Waals surface area contributed by atoms with Crippen molar-refractivity contribution in [2.45, 2.75) is 24.9 Å². The summed E-state index contributed by atoms with van der Waals surface area (Å²) in [5.41, 5.74) is 0.980. The smallest absolute Gasteiger partial charge is 0.101 e. The molecule has 18 heavy (non-hydrogen) atoms. The zero-order chi connectivity index (χ0) is 12.8. The first-order chi connectivity index (χ1) is 8.62. The number of nitrogens with zero attached hydrogens (tertiary/aromatic N) is 2. The molecule has 1 aromatic carbocycles. The maximum atomic E-state index is 10.5. The van der Waals surface area contributed by atoms with Gasteiger partial charge < -0.3 is 10.0 Å². The predicted molar refractivity (Wildman–Crippen MR) is 70.7 cm³/mol. The molecular weight excluding hydrogens is 248 g/mol. The van der Waals surface area contributed by atoms with Crippen LogP contribution in [-0.2, 0) is 0 Å². The van der Waals surface area contributed by atoms with Gasteiger partial charge in [0.25, 0.3) is 0 Å². The summed E-state index contributed by atoms with van der Waals surface area (Å²) in [5, 5.41) is 19.8. The molecule has 1 N–H and O–H groups in total. The van der Waals surface area contributed by atoms with Crippen molar-refractivity contribution in [1.82, 2.24) is 0 Å². The maximum absolute atomic E-state index is 10.5. The van der Waals surface area contributed by atoms with Crippen LogP contribution in [-0.4, -0.2) is 23.8 Å². The van der Waals surface area contributed by atoms with Crippen molar-refractivity contribution in [3.05, 3.63) is 28.8 Å². The molecule has 1 aliphatic carbocycles. The van der Waals surface area contributed by atoms with E-state index in [0.29, 0.717) is 23.0 Å². The van der Waals surface area contributed by atoms with E-state index in [4.69, 9.17) is 16.9 Å². The minimum Gasteiger partial charge on any atom is -0.388 e. The number of hydrogen-bond acceptors (Lipinski definition) is 3. The summed E-state index contributed by atoms with van der Waals surface area (Å²) in [4.78, 5) is 2.16. The third kappa shape index (κ3) is 1.96. The summed E-state index contributed by atoms with van der Waals surface area (Å²) in [5.74, 6) is 0.483. The van der Waals surface area contributed by atoms with Crippen LogP contribution in [0.15, 0.2) is 18.2 Å². The summed E-state index contributed by atoms with van der Waals surface area (Å²) in [6, 6.07) is 7.52. The van der Waals surface area contributed by atoms with Crippen LogP contribution in [0.25, 0.3) is 0 Å². The first-order valence-corrected chi connectivity index (χ1v) is 6.67. The highest BCUT2D eigenvalue weighted by molar-refractivity contribution is 6.32. The van der Waals surface area contributed by atoms with Gasteiger partial charge in [0.1, 0.15) is 6.07 Å². The van der Waals surface area contributed by atoms with Crippen LogP contribution in [0.5, 0.6) is 0 Å². The van der Waals surface area contributed by atoms with Crippen LogP contribution in [0.4, 0.5) is 5.69 Å². The highest BCUT2D eigenvalue weighted by Crippen LogP contribution is 2.45. The van der Waals surface area contributed by atoms with Crippen molar-refractivity contribution in [1.29, 1.82) is 5.26 Å². The van der Waals surface area contributed by atoms with Gasteiger partial charge in [-0.2, -0.15) is 5.26 Å². The van der Waals surface area contributed by atoms with Gasteiger partial charge in [0.15, 0.2) is 0 Å². The molecule has 1 saturated heterocycles. The first-order valence-electron chi connectivity index (χ1n) is 6.29. The molecule has 3 rings (SSSR count). The Morgan fingerprint density at radius 2 is 2.22 bits per heavy atom. The molecule has 1 aromatic rings. The number of hydrogen-bond donors (Lipinski definition) is 1. The van der Waals surface area contributed by atoms with Crippen molar-refractivity contribution < 1.29 is 5.11 Å². The molecule has 1 saturated carbocycles. The Balaban J connectivity index is 1.80. The molecule has 0 bridgehead atoms. The van der Waals surface area contributed by atoms with E-state index in [1.165, 1.54) is 0 Å². The average molecular weight is 263 g/mol. The van der Waals surface area contributed by atoms with Crippen LogP contribution in [0, 0.1) is 17.2 Å². The van der Waals surface area contributed by atoms with E-state index in [-0.39, 0.29) is 0 Å². The van der Waals surface area contributed by atoms with Crippen LogP contribution >= 0.6 is 11.6 Å².